The lowest BCUT2D eigenvalue weighted by molar-refractivity contribution is -0.146. The minimum atomic E-state index is -2.40. The molecule has 5 N–H and O–H groups in total. The summed E-state index contributed by atoms with van der Waals surface area (Å²) in [7, 11) is 0. The first kappa shape index (κ1) is 40.8. The van der Waals surface area contributed by atoms with Crippen LogP contribution in [0, 0.1) is 35.0 Å². The third-order valence-corrected chi connectivity index (χ3v) is 8.07. The van der Waals surface area contributed by atoms with Gasteiger partial charge in [-0.1, -0.05) is 12.1 Å². The standard InChI is InChI=1S/C33H37F5N6O8/c1-18-13-20(33(51)52-31-29(37)27(35)26(34)28(36)30(31)38)10-12-44(18)25(49)9-8-23(47)41-15-24(48)43-22(3-2-11-39-16-45)32(50)42-21-6-4-19(5-7-21)14-40-17-46/h4-7,16-18,20,22H,2-3,8-15H2,1H3,(H,39,45)(H,40,46)(H,41,47)(H,42,50)(H,43,48). The monoisotopic (exact) mass is 740 g/mol. The fourth-order valence-electron chi connectivity index (χ4n) is 5.32. The molecule has 2 aromatic carbocycles. The van der Waals surface area contributed by atoms with Gasteiger partial charge in [0.15, 0.2) is 0 Å². The van der Waals surface area contributed by atoms with E-state index in [2.05, 4.69) is 31.3 Å². The van der Waals surface area contributed by atoms with E-state index in [0.29, 0.717) is 31.5 Å². The Morgan fingerprint density at radius 1 is 0.885 bits per heavy atom. The van der Waals surface area contributed by atoms with E-state index in [1.807, 2.05) is 0 Å². The molecule has 3 unspecified atom stereocenters. The van der Waals surface area contributed by atoms with Crippen molar-refractivity contribution in [1.29, 1.82) is 0 Å². The van der Waals surface area contributed by atoms with Crippen molar-refractivity contribution in [3.8, 4) is 5.75 Å². The largest absolute Gasteiger partial charge is 0.420 e. The van der Waals surface area contributed by atoms with E-state index < -0.39 is 89.0 Å². The molecular formula is C33H37F5N6O8. The zero-order valence-corrected chi connectivity index (χ0v) is 27.9. The summed E-state index contributed by atoms with van der Waals surface area (Å²) in [6.07, 6.45) is 0.812. The summed E-state index contributed by atoms with van der Waals surface area (Å²) in [5.74, 6) is -17.9. The van der Waals surface area contributed by atoms with Crippen molar-refractivity contribution < 1.29 is 60.3 Å². The number of carbonyl (C=O) groups excluding carboxylic acids is 7. The van der Waals surface area contributed by atoms with Crippen LogP contribution in [0.15, 0.2) is 24.3 Å². The van der Waals surface area contributed by atoms with Gasteiger partial charge in [0.1, 0.15) is 6.04 Å². The molecule has 1 aliphatic heterocycles. The van der Waals surface area contributed by atoms with Gasteiger partial charge < -0.3 is 36.2 Å². The second-order valence-electron chi connectivity index (χ2n) is 11.8. The molecule has 6 amide bonds. The van der Waals surface area contributed by atoms with Gasteiger partial charge in [-0.05, 0) is 50.3 Å². The number of amides is 6. The molecule has 0 spiro atoms. The van der Waals surface area contributed by atoms with E-state index in [4.69, 9.17) is 0 Å². The zero-order chi connectivity index (χ0) is 38.4. The first-order chi connectivity index (χ1) is 24.8. The van der Waals surface area contributed by atoms with Crippen molar-refractivity contribution in [2.75, 3.05) is 25.0 Å². The Hall–Kier alpha value is -5.62. The van der Waals surface area contributed by atoms with Gasteiger partial charge in [0.2, 0.25) is 71.3 Å². The first-order valence-corrected chi connectivity index (χ1v) is 16.1. The van der Waals surface area contributed by atoms with Crippen LogP contribution in [0.5, 0.6) is 5.75 Å². The Morgan fingerprint density at radius 3 is 2.13 bits per heavy atom. The molecule has 52 heavy (non-hydrogen) atoms. The van der Waals surface area contributed by atoms with Crippen molar-refractivity contribution in [3.05, 3.63) is 58.9 Å². The van der Waals surface area contributed by atoms with E-state index in [0.717, 1.165) is 5.56 Å². The lowest BCUT2D eigenvalue weighted by Crippen LogP contribution is -2.48. The molecule has 282 valence electrons. The molecule has 14 nitrogen and oxygen atoms in total. The highest BCUT2D eigenvalue weighted by Crippen LogP contribution is 2.31. The van der Waals surface area contributed by atoms with Gasteiger partial charge in [-0.2, -0.15) is 8.78 Å². The van der Waals surface area contributed by atoms with E-state index in [9.17, 15) is 55.5 Å². The summed E-state index contributed by atoms with van der Waals surface area (Å²) < 4.78 is 72.7. The van der Waals surface area contributed by atoms with Crippen LogP contribution in [0.2, 0.25) is 0 Å². The fourth-order valence-corrected chi connectivity index (χ4v) is 5.32. The summed E-state index contributed by atoms with van der Waals surface area (Å²) >= 11 is 0. The lowest BCUT2D eigenvalue weighted by atomic mass is 9.91. The quantitative estimate of drug-likeness (QED) is 0.0290. The molecule has 0 radical (unpaired) electrons. The highest BCUT2D eigenvalue weighted by Gasteiger charge is 2.36. The maximum atomic E-state index is 13.9. The Labute approximate surface area is 294 Å². The van der Waals surface area contributed by atoms with Gasteiger partial charge >= 0.3 is 5.97 Å². The van der Waals surface area contributed by atoms with Gasteiger partial charge in [0, 0.05) is 44.2 Å². The number of hydrogen-bond acceptors (Lipinski definition) is 8. The van der Waals surface area contributed by atoms with Crippen LogP contribution in [0.4, 0.5) is 27.6 Å². The van der Waals surface area contributed by atoms with Gasteiger partial charge in [-0.3, -0.25) is 33.6 Å². The van der Waals surface area contributed by atoms with Gasteiger partial charge in [0.25, 0.3) is 0 Å². The van der Waals surface area contributed by atoms with Crippen LogP contribution in [0.3, 0.4) is 0 Å². The van der Waals surface area contributed by atoms with Crippen molar-refractivity contribution in [3.63, 3.8) is 0 Å². The number of esters is 1. The van der Waals surface area contributed by atoms with Crippen LogP contribution in [0.1, 0.15) is 51.0 Å². The Bertz CT molecular complexity index is 1620. The van der Waals surface area contributed by atoms with Crippen molar-refractivity contribution >= 4 is 48.1 Å². The molecule has 3 atom stereocenters. The number of anilines is 1. The summed E-state index contributed by atoms with van der Waals surface area (Å²) in [4.78, 5) is 85.8. The van der Waals surface area contributed by atoms with Crippen LogP contribution in [0.25, 0.3) is 0 Å². The molecule has 1 aliphatic rings. The van der Waals surface area contributed by atoms with Crippen LogP contribution in [-0.4, -0.2) is 79.0 Å². The molecule has 0 aromatic heterocycles. The summed E-state index contributed by atoms with van der Waals surface area (Å²) in [6.45, 7) is 1.54. The molecule has 1 heterocycles. The van der Waals surface area contributed by atoms with Crippen molar-refractivity contribution in [1.82, 2.24) is 26.2 Å². The number of benzene rings is 2. The maximum Gasteiger partial charge on any atom is 0.314 e. The molecule has 0 saturated carbocycles. The summed E-state index contributed by atoms with van der Waals surface area (Å²) in [5, 5.41) is 12.6. The third-order valence-electron chi connectivity index (χ3n) is 8.07. The smallest absolute Gasteiger partial charge is 0.314 e. The molecule has 1 saturated heterocycles. The minimum Gasteiger partial charge on any atom is -0.420 e. The lowest BCUT2D eigenvalue weighted by Gasteiger charge is -2.36. The zero-order valence-electron chi connectivity index (χ0n) is 27.9. The Balaban J connectivity index is 1.46. The van der Waals surface area contributed by atoms with E-state index in [1.54, 1.807) is 31.2 Å². The number of nitrogens with one attached hydrogen (secondary N) is 5. The summed E-state index contributed by atoms with van der Waals surface area (Å²) in [6, 6.07) is 4.94. The van der Waals surface area contributed by atoms with Gasteiger partial charge in [0.05, 0.1) is 12.5 Å². The fraction of sp³-hybridized carbons (Fsp3) is 0.424. The summed E-state index contributed by atoms with van der Waals surface area (Å²) in [5.41, 5.74) is 1.20. The normalized spacial score (nSPS) is 15.8. The second kappa shape index (κ2) is 19.7. The van der Waals surface area contributed by atoms with Crippen molar-refractivity contribution in [2.24, 2.45) is 5.92 Å². The number of rotatable bonds is 18. The van der Waals surface area contributed by atoms with Crippen molar-refractivity contribution in [2.45, 2.75) is 64.1 Å². The maximum absolute atomic E-state index is 13.9. The predicted octanol–water partition coefficient (Wildman–Crippen LogP) is 1.71. The van der Waals surface area contributed by atoms with E-state index >= 15 is 0 Å². The number of nitrogens with zero attached hydrogens (tertiary/aromatic N) is 1. The SMILES string of the molecule is CC1CC(C(=O)Oc2c(F)c(F)c(F)c(F)c2F)CCN1C(=O)CCC(=O)NCC(=O)NC(CCCNC=O)C(=O)Nc1ccc(CNC=O)cc1. The number of hydrogen-bond donors (Lipinski definition) is 5. The second-order valence-corrected chi connectivity index (χ2v) is 11.8. The average molecular weight is 741 g/mol. The predicted molar refractivity (Wildman–Crippen MR) is 171 cm³/mol. The number of likely N-dealkylation sites (tertiary alicyclic amines) is 1. The molecular weight excluding hydrogens is 703 g/mol. The molecule has 19 heteroatoms. The highest BCUT2D eigenvalue weighted by atomic mass is 19.2. The van der Waals surface area contributed by atoms with Gasteiger partial charge in [-0.25, -0.2) is 13.2 Å². The van der Waals surface area contributed by atoms with Crippen LogP contribution < -0.4 is 31.3 Å². The number of ether oxygens (including phenoxy) is 1. The Kier molecular flexibility index (Phi) is 15.4. The highest BCUT2D eigenvalue weighted by molar-refractivity contribution is 5.97. The van der Waals surface area contributed by atoms with Gasteiger partial charge in [-0.15, -0.1) is 0 Å². The molecule has 0 aliphatic carbocycles. The molecule has 3 rings (SSSR count). The number of piperidine rings is 1. The van der Waals surface area contributed by atoms with E-state index in [1.165, 1.54) is 4.90 Å². The van der Waals surface area contributed by atoms with Crippen LogP contribution in [-0.2, 0) is 40.1 Å². The topological polar surface area (TPSA) is 192 Å². The first-order valence-electron chi connectivity index (χ1n) is 16.1. The molecule has 0 bridgehead atoms. The van der Waals surface area contributed by atoms with E-state index in [-0.39, 0.29) is 45.2 Å². The molecule has 1 fully saturated rings. The van der Waals surface area contributed by atoms with Crippen LogP contribution >= 0.6 is 0 Å². The molecule has 2 aromatic rings. The third kappa shape index (κ3) is 11.5. The number of carbonyl (C=O) groups is 7. The number of halogens is 5. The average Bonchev–Trinajstić information content (AvgIpc) is 3.13. The Morgan fingerprint density at radius 2 is 1.52 bits per heavy atom. The minimum absolute atomic E-state index is 0.0335.